The number of aromatic hydroxyl groups is 1. The molecule has 2 heterocycles. The standard InChI is InChI=1S/C12H11N5O2/c13-12-15-10-9(11(19)16-12)17(6-14-10)5-7-3-1-2-4-8(7)18/h1-4,6,18H,5H2,(H3,13,15,16,19). The number of hydrogen-bond acceptors (Lipinski definition) is 5. The Hall–Kier alpha value is -2.83. The Morgan fingerprint density at radius 2 is 2.16 bits per heavy atom. The molecule has 0 unspecified atom stereocenters. The molecule has 0 saturated heterocycles. The Morgan fingerprint density at radius 3 is 2.95 bits per heavy atom. The lowest BCUT2D eigenvalue weighted by Crippen LogP contribution is -2.14. The van der Waals surface area contributed by atoms with Crippen molar-refractivity contribution >= 4 is 17.1 Å². The molecule has 0 atom stereocenters. The maximum Gasteiger partial charge on any atom is 0.278 e. The van der Waals surface area contributed by atoms with E-state index in [0.717, 1.165) is 0 Å². The van der Waals surface area contributed by atoms with Crippen LogP contribution in [0.15, 0.2) is 35.4 Å². The molecule has 7 heteroatoms. The number of anilines is 1. The number of para-hydroxylation sites is 1. The van der Waals surface area contributed by atoms with Gasteiger partial charge >= 0.3 is 0 Å². The molecule has 0 bridgehead atoms. The van der Waals surface area contributed by atoms with Crippen molar-refractivity contribution in [1.29, 1.82) is 0 Å². The third-order valence-corrected chi connectivity index (χ3v) is 2.83. The summed E-state index contributed by atoms with van der Waals surface area (Å²) < 4.78 is 1.62. The van der Waals surface area contributed by atoms with Crippen molar-refractivity contribution in [2.75, 3.05) is 5.73 Å². The number of hydrogen-bond donors (Lipinski definition) is 3. The second-order valence-electron chi connectivity index (χ2n) is 4.12. The largest absolute Gasteiger partial charge is 0.508 e. The topological polar surface area (TPSA) is 110 Å². The molecule has 3 rings (SSSR count). The minimum atomic E-state index is -0.351. The van der Waals surface area contributed by atoms with Crippen molar-refractivity contribution < 1.29 is 5.11 Å². The fraction of sp³-hybridized carbons (Fsp3) is 0.0833. The van der Waals surface area contributed by atoms with Crippen LogP contribution in [0.25, 0.3) is 11.2 Å². The smallest absolute Gasteiger partial charge is 0.278 e. The van der Waals surface area contributed by atoms with Crippen molar-refractivity contribution in [2.45, 2.75) is 6.54 Å². The first-order chi connectivity index (χ1) is 9.15. The number of phenolic OH excluding ortho intramolecular Hbond substituents is 1. The Kier molecular flexibility index (Phi) is 2.45. The molecule has 0 fully saturated rings. The third kappa shape index (κ3) is 1.90. The van der Waals surface area contributed by atoms with E-state index in [1.807, 2.05) is 6.07 Å². The fourth-order valence-corrected chi connectivity index (χ4v) is 1.95. The number of nitrogens with one attached hydrogen (secondary N) is 1. The molecular weight excluding hydrogens is 246 g/mol. The van der Waals surface area contributed by atoms with Crippen molar-refractivity contribution in [3.8, 4) is 5.75 Å². The first-order valence-corrected chi connectivity index (χ1v) is 5.62. The van der Waals surface area contributed by atoms with Crippen LogP contribution < -0.4 is 11.3 Å². The minimum absolute atomic E-state index is 0.0327. The number of imidazole rings is 1. The summed E-state index contributed by atoms with van der Waals surface area (Å²) in [4.78, 5) is 22.3. The van der Waals surface area contributed by atoms with Gasteiger partial charge in [0.1, 0.15) is 5.75 Å². The molecular formula is C12H11N5O2. The maximum absolute atomic E-state index is 11.9. The van der Waals surface area contributed by atoms with Crippen LogP contribution >= 0.6 is 0 Å². The Balaban J connectivity index is 2.12. The normalized spacial score (nSPS) is 10.9. The van der Waals surface area contributed by atoms with E-state index in [1.165, 1.54) is 6.33 Å². The molecule has 0 saturated carbocycles. The Labute approximate surface area is 107 Å². The number of benzene rings is 1. The summed E-state index contributed by atoms with van der Waals surface area (Å²) in [7, 11) is 0. The van der Waals surface area contributed by atoms with E-state index in [4.69, 9.17) is 5.73 Å². The molecule has 2 aromatic heterocycles. The van der Waals surface area contributed by atoms with Gasteiger partial charge < -0.3 is 15.4 Å². The van der Waals surface area contributed by atoms with Gasteiger partial charge in [-0.2, -0.15) is 4.98 Å². The molecule has 3 aromatic rings. The highest BCUT2D eigenvalue weighted by molar-refractivity contribution is 5.70. The molecule has 0 aliphatic rings. The van der Waals surface area contributed by atoms with Gasteiger partial charge in [-0.25, -0.2) is 4.98 Å². The van der Waals surface area contributed by atoms with E-state index >= 15 is 0 Å². The zero-order valence-corrected chi connectivity index (χ0v) is 9.87. The zero-order valence-electron chi connectivity index (χ0n) is 9.87. The van der Waals surface area contributed by atoms with E-state index in [0.29, 0.717) is 17.6 Å². The predicted molar refractivity (Wildman–Crippen MR) is 69.8 cm³/mol. The van der Waals surface area contributed by atoms with Crippen molar-refractivity contribution in [3.63, 3.8) is 0 Å². The molecule has 0 radical (unpaired) electrons. The number of H-pyrrole nitrogens is 1. The summed E-state index contributed by atoms with van der Waals surface area (Å²) in [6.45, 7) is 0.331. The zero-order chi connectivity index (χ0) is 13.4. The predicted octanol–water partition coefficient (Wildman–Crippen LogP) is 0.456. The van der Waals surface area contributed by atoms with E-state index in [2.05, 4.69) is 15.0 Å². The lowest BCUT2D eigenvalue weighted by atomic mass is 10.2. The van der Waals surface area contributed by atoms with Gasteiger partial charge in [0.2, 0.25) is 5.95 Å². The minimum Gasteiger partial charge on any atom is -0.508 e. The van der Waals surface area contributed by atoms with Gasteiger partial charge in [0.05, 0.1) is 12.9 Å². The summed E-state index contributed by atoms with van der Waals surface area (Å²) in [6.07, 6.45) is 1.50. The first kappa shape index (κ1) is 11.3. The van der Waals surface area contributed by atoms with E-state index in [9.17, 15) is 9.90 Å². The highest BCUT2D eigenvalue weighted by atomic mass is 16.3. The van der Waals surface area contributed by atoms with E-state index in [1.54, 1.807) is 22.8 Å². The van der Waals surface area contributed by atoms with Crippen molar-refractivity contribution in [3.05, 3.63) is 46.5 Å². The van der Waals surface area contributed by atoms with Crippen LogP contribution in [0, 0.1) is 0 Å². The van der Waals surface area contributed by atoms with Gasteiger partial charge in [0.15, 0.2) is 11.2 Å². The van der Waals surface area contributed by atoms with Crippen molar-refractivity contribution in [2.24, 2.45) is 0 Å². The Bertz CT molecular complexity index is 805. The number of rotatable bonds is 2. The van der Waals surface area contributed by atoms with Crippen molar-refractivity contribution in [1.82, 2.24) is 19.5 Å². The first-order valence-electron chi connectivity index (χ1n) is 5.62. The molecule has 0 aliphatic heterocycles. The van der Waals surface area contributed by atoms with Gasteiger partial charge in [-0.3, -0.25) is 9.78 Å². The average molecular weight is 257 g/mol. The number of phenols is 1. The molecule has 19 heavy (non-hydrogen) atoms. The summed E-state index contributed by atoms with van der Waals surface area (Å²) in [5.41, 5.74) is 6.42. The second-order valence-corrected chi connectivity index (χ2v) is 4.12. The molecule has 7 nitrogen and oxygen atoms in total. The highest BCUT2D eigenvalue weighted by Gasteiger charge is 2.10. The van der Waals surface area contributed by atoms with Gasteiger partial charge in [-0.15, -0.1) is 0 Å². The van der Waals surface area contributed by atoms with Crippen LogP contribution in [-0.2, 0) is 6.54 Å². The quantitative estimate of drug-likeness (QED) is 0.617. The lowest BCUT2D eigenvalue weighted by Gasteiger charge is -2.05. The third-order valence-electron chi connectivity index (χ3n) is 2.83. The molecule has 4 N–H and O–H groups in total. The maximum atomic E-state index is 11.9. The van der Waals surface area contributed by atoms with Gasteiger partial charge in [0.25, 0.3) is 5.56 Å². The van der Waals surface area contributed by atoms with Gasteiger partial charge in [-0.05, 0) is 6.07 Å². The molecule has 1 aromatic carbocycles. The van der Waals surface area contributed by atoms with Crippen LogP contribution in [0.2, 0.25) is 0 Å². The van der Waals surface area contributed by atoms with Crippen LogP contribution in [0.5, 0.6) is 5.75 Å². The van der Waals surface area contributed by atoms with E-state index in [-0.39, 0.29) is 22.9 Å². The monoisotopic (exact) mass is 257 g/mol. The molecule has 0 aliphatic carbocycles. The number of nitrogens with zero attached hydrogens (tertiary/aromatic N) is 3. The number of fused-ring (bicyclic) bond motifs is 1. The van der Waals surface area contributed by atoms with Gasteiger partial charge in [-0.1, -0.05) is 18.2 Å². The van der Waals surface area contributed by atoms with Crippen LogP contribution in [0.3, 0.4) is 0 Å². The highest BCUT2D eigenvalue weighted by Crippen LogP contribution is 2.18. The summed E-state index contributed by atoms with van der Waals surface area (Å²) in [5.74, 6) is 0.203. The van der Waals surface area contributed by atoms with Crippen LogP contribution in [0.4, 0.5) is 5.95 Å². The Morgan fingerprint density at radius 1 is 1.37 bits per heavy atom. The SMILES string of the molecule is Nc1nc2ncn(Cc3ccccc3O)c2c(=O)[nH]1. The number of aromatic nitrogens is 4. The summed E-state index contributed by atoms with van der Waals surface area (Å²) in [5, 5.41) is 9.74. The fourth-order valence-electron chi connectivity index (χ4n) is 1.95. The number of aromatic amines is 1. The van der Waals surface area contributed by atoms with Crippen LogP contribution in [-0.4, -0.2) is 24.6 Å². The number of nitrogens with two attached hydrogens (primary N) is 1. The summed E-state index contributed by atoms with van der Waals surface area (Å²) >= 11 is 0. The van der Waals surface area contributed by atoms with Crippen LogP contribution in [0.1, 0.15) is 5.56 Å². The van der Waals surface area contributed by atoms with E-state index < -0.39 is 0 Å². The van der Waals surface area contributed by atoms with Gasteiger partial charge in [0, 0.05) is 5.56 Å². The summed E-state index contributed by atoms with van der Waals surface area (Å²) in [6, 6.07) is 6.92. The second kappa shape index (κ2) is 4.13. The molecule has 96 valence electrons. The lowest BCUT2D eigenvalue weighted by molar-refractivity contribution is 0.466. The molecule has 0 amide bonds. The molecule has 0 spiro atoms. The number of nitrogen functional groups attached to an aromatic ring is 1. The average Bonchev–Trinajstić information content (AvgIpc) is 2.75.